The monoisotopic (exact) mass is 132 g/mol. The van der Waals surface area contributed by atoms with Gasteiger partial charge in [0.15, 0.2) is 5.67 Å². The van der Waals surface area contributed by atoms with Crippen molar-refractivity contribution in [1.29, 1.82) is 0 Å². The highest BCUT2D eigenvalue weighted by atomic mass is 19.2. The van der Waals surface area contributed by atoms with Crippen LogP contribution in [0.4, 0.5) is 13.2 Å². The summed E-state index contributed by atoms with van der Waals surface area (Å²) in [4.78, 5) is 0. The predicted molar refractivity (Wildman–Crippen MR) is 25.7 cm³/mol. The molecule has 2 atom stereocenters. The van der Waals surface area contributed by atoms with Gasteiger partial charge < -0.3 is 0 Å². The molecule has 0 aliphatic heterocycles. The van der Waals surface area contributed by atoms with Crippen molar-refractivity contribution in [2.75, 3.05) is 0 Å². The molecule has 0 fully saturated rings. The summed E-state index contributed by atoms with van der Waals surface area (Å²) in [6.45, 7) is 0. The first-order valence-corrected chi connectivity index (χ1v) is 2.59. The van der Waals surface area contributed by atoms with Crippen molar-refractivity contribution in [3.8, 4) is 0 Å². The smallest absolute Gasteiger partial charge is 0.195 e. The van der Waals surface area contributed by atoms with Crippen LogP contribution < -0.4 is 0 Å². The molecular weight excluding hydrogens is 129 g/mol. The molecule has 0 heterocycles. The average Bonchev–Trinajstić information content (AvgIpc) is 1.83. The zero-order valence-electron chi connectivity index (χ0n) is 4.37. The van der Waals surface area contributed by atoms with Crippen molar-refractivity contribution in [2.24, 2.45) is 5.92 Å². The summed E-state index contributed by atoms with van der Waals surface area (Å²) in [5, 5.41) is 0. The summed E-state index contributed by atoms with van der Waals surface area (Å²) in [5.74, 6) is -2.31. The van der Waals surface area contributed by atoms with Crippen molar-refractivity contribution >= 4 is 0 Å². The fourth-order valence-electron chi connectivity index (χ4n) is 1.08. The van der Waals surface area contributed by atoms with Gasteiger partial charge in [0.1, 0.15) is 11.7 Å². The lowest BCUT2D eigenvalue weighted by molar-refractivity contribution is 0.102. The van der Waals surface area contributed by atoms with Gasteiger partial charge in [-0.05, 0) is 12.2 Å². The normalized spacial score (nSPS) is 45.9. The third-order valence-corrected chi connectivity index (χ3v) is 1.78. The average molecular weight is 132 g/mol. The molecule has 0 aromatic heterocycles. The van der Waals surface area contributed by atoms with Gasteiger partial charge in [-0.3, -0.25) is 0 Å². The summed E-state index contributed by atoms with van der Waals surface area (Å²) < 4.78 is 36.7. The van der Waals surface area contributed by atoms with Crippen molar-refractivity contribution in [3.05, 3.63) is 23.8 Å². The second kappa shape index (κ2) is 1.08. The van der Waals surface area contributed by atoms with Crippen LogP contribution in [0.25, 0.3) is 0 Å². The van der Waals surface area contributed by atoms with Crippen molar-refractivity contribution in [2.45, 2.75) is 5.67 Å². The van der Waals surface area contributed by atoms with E-state index in [4.69, 9.17) is 0 Å². The molecule has 0 N–H and O–H groups in total. The quantitative estimate of drug-likeness (QED) is 0.473. The SMILES string of the molecule is FC1=CC2(F)C(F)=CC12. The number of hydrogen-bond donors (Lipinski definition) is 0. The van der Waals surface area contributed by atoms with Gasteiger partial charge in [0.05, 0.1) is 5.92 Å². The van der Waals surface area contributed by atoms with Crippen LogP contribution >= 0.6 is 0 Å². The second-order valence-corrected chi connectivity index (χ2v) is 2.29. The first kappa shape index (κ1) is 5.09. The van der Waals surface area contributed by atoms with E-state index >= 15 is 0 Å². The minimum atomic E-state index is -2.05. The summed E-state index contributed by atoms with van der Waals surface area (Å²) in [6, 6.07) is 0. The van der Waals surface area contributed by atoms with E-state index in [0.717, 1.165) is 6.08 Å². The minimum Gasteiger partial charge on any atom is -0.230 e. The molecule has 0 spiro atoms. The van der Waals surface area contributed by atoms with Crippen LogP contribution in [-0.4, -0.2) is 5.67 Å². The van der Waals surface area contributed by atoms with Gasteiger partial charge in [-0.1, -0.05) is 0 Å². The van der Waals surface area contributed by atoms with E-state index in [-0.39, 0.29) is 0 Å². The number of halogens is 3. The Bertz CT molecular complexity index is 228. The van der Waals surface area contributed by atoms with E-state index in [0.29, 0.717) is 6.08 Å². The summed E-state index contributed by atoms with van der Waals surface area (Å²) in [5.41, 5.74) is -2.05. The van der Waals surface area contributed by atoms with Crippen molar-refractivity contribution in [3.63, 3.8) is 0 Å². The van der Waals surface area contributed by atoms with Crippen LogP contribution in [0.3, 0.4) is 0 Å². The van der Waals surface area contributed by atoms with Crippen molar-refractivity contribution in [1.82, 2.24) is 0 Å². The molecule has 0 radical (unpaired) electrons. The zero-order chi connectivity index (χ0) is 6.65. The third kappa shape index (κ3) is 0.343. The van der Waals surface area contributed by atoms with Crippen molar-refractivity contribution < 1.29 is 13.2 Å². The summed E-state index contributed by atoms with van der Waals surface area (Å²) in [7, 11) is 0. The van der Waals surface area contributed by atoms with E-state index < -0.39 is 23.2 Å². The Morgan fingerprint density at radius 3 is 2.22 bits per heavy atom. The lowest BCUT2D eigenvalue weighted by Gasteiger charge is -2.41. The number of allylic oxidation sites excluding steroid dienone is 4. The number of alkyl halides is 1. The number of hydrogen-bond acceptors (Lipinski definition) is 0. The molecule has 3 heteroatoms. The van der Waals surface area contributed by atoms with Crippen LogP contribution in [0.5, 0.6) is 0 Å². The summed E-state index contributed by atoms with van der Waals surface area (Å²) in [6.07, 6.45) is 1.63. The highest BCUT2D eigenvalue weighted by Gasteiger charge is 2.58. The molecule has 0 nitrogen and oxygen atoms in total. The van der Waals surface area contributed by atoms with Crippen LogP contribution in [0.15, 0.2) is 23.8 Å². The minimum absolute atomic E-state index is 0.557. The fourth-order valence-corrected chi connectivity index (χ4v) is 1.08. The Morgan fingerprint density at radius 1 is 1.44 bits per heavy atom. The molecule has 48 valence electrons. The molecule has 0 saturated carbocycles. The maximum atomic E-state index is 12.6. The standard InChI is InChI=1S/C6H3F3/c7-4-2-6(9)3(4)1-5(6)8/h1-3H. The molecule has 0 bridgehead atoms. The van der Waals surface area contributed by atoms with Gasteiger partial charge in [-0.2, -0.15) is 0 Å². The summed E-state index contributed by atoms with van der Waals surface area (Å²) >= 11 is 0. The molecule has 2 rings (SSSR count). The van der Waals surface area contributed by atoms with E-state index in [1.54, 1.807) is 0 Å². The lowest BCUT2D eigenvalue weighted by Crippen LogP contribution is -2.46. The van der Waals surface area contributed by atoms with Gasteiger partial charge in [-0.15, -0.1) is 0 Å². The highest BCUT2D eigenvalue weighted by Crippen LogP contribution is 2.55. The van der Waals surface area contributed by atoms with E-state index in [2.05, 4.69) is 0 Å². The van der Waals surface area contributed by atoms with E-state index in [1.165, 1.54) is 0 Å². The van der Waals surface area contributed by atoms with E-state index in [9.17, 15) is 13.2 Å². The van der Waals surface area contributed by atoms with Crippen LogP contribution in [0, 0.1) is 5.92 Å². The van der Waals surface area contributed by atoms with Crippen LogP contribution in [0.2, 0.25) is 0 Å². The molecule has 0 saturated heterocycles. The second-order valence-electron chi connectivity index (χ2n) is 2.29. The number of rotatable bonds is 0. The van der Waals surface area contributed by atoms with Crippen LogP contribution in [-0.2, 0) is 0 Å². The molecule has 2 aliphatic rings. The van der Waals surface area contributed by atoms with Crippen LogP contribution in [0.1, 0.15) is 0 Å². The van der Waals surface area contributed by atoms with Gasteiger partial charge in [0.2, 0.25) is 0 Å². The van der Waals surface area contributed by atoms with E-state index in [1.807, 2.05) is 0 Å². The largest absolute Gasteiger partial charge is 0.230 e. The predicted octanol–water partition coefficient (Wildman–Crippen LogP) is 2.04. The zero-order valence-corrected chi connectivity index (χ0v) is 4.37. The molecule has 2 aliphatic carbocycles. The highest BCUT2D eigenvalue weighted by molar-refractivity contribution is 5.48. The Kier molecular flexibility index (Phi) is 0.610. The Labute approximate surface area is 49.7 Å². The first-order valence-electron chi connectivity index (χ1n) is 2.59. The Morgan fingerprint density at radius 2 is 2.11 bits per heavy atom. The molecule has 2 unspecified atom stereocenters. The molecule has 9 heavy (non-hydrogen) atoms. The Hall–Kier alpha value is -0.730. The molecule has 0 aromatic carbocycles. The lowest BCUT2D eigenvalue weighted by atomic mass is 9.68. The topological polar surface area (TPSA) is 0 Å². The fraction of sp³-hybridized carbons (Fsp3) is 0.333. The number of fused-ring (bicyclic) bond motifs is 1. The molecule has 0 aromatic rings. The van der Waals surface area contributed by atoms with Gasteiger partial charge in [0, 0.05) is 0 Å². The third-order valence-electron chi connectivity index (χ3n) is 1.78. The van der Waals surface area contributed by atoms with Gasteiger partial charge >= 0.3 is 0 Å². The van der Waals surface area contributed by atoms with Gasteiger partial charge in [0.25, 0.3) is 0 Å². The Balaban J connectivity index is 2.38. The molecule has 0 amide bonds. The van der Waals surface area contributed by atoms with Gasteiger partial charge in [-0.25, -0.2) is 13.2 Å². The molecular formula is C6H3F3. The maximum absolute atomic E-state index is 12.6. The first-order chi connectivity index (χ1) is 4.14. The maximum Gasteiger partial charge on any atom is 0.195 e.